The van der Waals surface area contributed by atoms with E-state index < -0.39 is 0 Å². The third-order valence-corrected chi connectivity index (χ3v) is 4.21. The zero-order valence-electron chi connectivity index (χ0n) is 10.5. The average Bonchev–Trinajstić information content (AvgIpc) is 2.42. The van der Waals surface area contributed by atoms with Crippen LogP contribution in [0.15, 0.2) is 48.5 Å². The minimum absolute atomic E-state index is 0.0696. The van der Waals surface area contributed by atoms with E-state index in [2.05, 4.69) is 34.2 Å². The summed E-state index contributed by atoms with van der Waals surface area (Å²) in [5, 5.41) is 2.93. The van der Waals surface area contributed by atoms with Crippen molar-refractivity contribution in [1.82, 2.24) is 0 Å². The van der Waals surface area contributed by atoms with E-state index in [1.807, 2.05) is 48.5 Å². The van der Waals surface area contributed by atoms with Gasteiger partial charge in [0.25, 0.3) is 5.91 Å². The van der Waals surface area contributed by atoms with Crippen LogP contribution in [0.3, 0.4) is 0 Å². The van der Waals surface area contributed by atoms with E-state index in [-0.39, 0.29) is 5.91 Å². The van der Waals surface area contributed by atoms with E-state index in [1.165, 1.54) is 5.56 Å². The second kappa shape index (κ2) is 6.96. The standard InChI is InChI=1S/C15H14INOS/c1-19-10-11-6-8-12(9-7-11)15(18)17-14-5-3-2-4-13(14)16/h2-9H,10H2,1H3,(H,17,18). The fraction of sp³-hybridized carbons (Fsp3) is 0.133. The molecule has 19 heavy (non-hydrogen) atoms. The minimum atomic E-state index is -0.0696. The first-order chi connectivity index (χ1) is 9.20. The molecule has 0 heterocycles. The van der Waals surface area contributed by atoms with E-state index >= 15 is 0 Å². The summed E-state index contributed by atoms with van der Waals surface area (Å²) in [6.07, 6.45) is 2.07. The summed E-state index contributed by atoms with van der Waals surface area (Å²) >= 11 is 3.98. The topological polar surface area (TPSA) is 29.1 Å². The van der Waals surface area contributed by atoms with Gasteiger partial charge in [-0.05, 0) is 58.7 Å². The van der Waals surface area contributed by atoms with Crippen molar-refractivity contribution in [3.8, 4) is 0 Å². The monoisotopic (exact) mass is 383 g/mol. The molecule has 1 N–H and O–H groups in total. The van der Waals surface area contributed by atoms with Crippen molar-refractivity contribution >= 4 is 45.9 Å². The normalized spacial score (nSPS) is 10.2. The average molecular weight is 383 g/mol. The molecule has 0 unspecified atom stereocenters. The van der Waals surface area contributed by atoms with Crippen molar-refractivity contribution in [2.24, 2.45) is 0 Å². The van der Waals surface area contributed by atoms with Crippen LogP contribution in [-0.4, -0.2) is 12.2 Å². The summed E-state index contributed by atoms with van der Waals surface area (Å²) in [6.45, 7) is 0. The van der Waals surface area contributed by atoms with Gasteiger partial charge in [-0.2, -0.15) is 11.8 Å². The molecule has 0 saturated heterocycles. The molecule has 2 nitrogen and oxygen atoms in total. The highest BCUT2D eigenvalue weighted by Gasteiger charge is 2.07. The van der Waals surface area contributed by atoms with Gasteiger partial charge in [-0.3, -0.25) is 4.79 Å². The molecule has 0 spiro atoms. The summed E-state index contributed by atoms with van der Waals surface area (Å²) in [5.41, 5.74) is 2.77. The second-order valence-electron chi connectivity index (χ2n) is 4.06. The number of hydrogen-bond acceptors (Lipinski definition) is 2. The van der Waals surface area contributed by atoms with Gasteiger partial charge in [0.15, 0.2) is 0 Å². The van der Waals surface area contributed by atoms with Gasteiger partial charge in [0.2, 0.25) is 0 Å². The first-order valence-corrected chi connectivity index (χ1v) is 8.31. The van der Waals surface area contributed by atoms with Crippen LogP contribution in [-0.2, 0) is 5.75 Å². The lowest BCUT2D eigenvalue weighted by Crippen LogP contribution is -2.12. The van der Waals surface area contributed by atoms with Crippen LogP contribution in [0.4, 0.5) is 5.69 Å². The summed E-state index contributed by atoms with van der Waals surface area (Å²) in [4.78, 5) is 12.1. The van der Waals surface area contributed by atoms with Crippen LogP contribution in [0.5, 0.6) is 0 Å². The van der Waals surface area contributed by atoms with Gasteiger partial charge in [0.1, 0.15) is 0 Å². The highest BCUT2D eigenvalue weighted by Crippen LogP contribution is 2.18. The Labute approximate surface area is 131 Å². The van der Waals surface area contributed by atoms with Gasteiger partial charge < -0.3 is 5.32 Å². The van der Waals surface area contributed by atoms with Gasteiger partial charge in [-0.15, -0.1) is 0 Å². The zero-order valence-corrected chi connectivity index (χ0v) is 13.5. The molecule has 4 heteroatoms. The molecule has 0 aliphatic carbocycles. The van der Waals surface area contributed by atoms with Crippen molar-refractivity contribution in [3.63, 3.8) is 0 Å². The molecular formula is C15H14INOS. The molecule has 0 atom stereocenters. The molecule has 0 radical (unpaired) electrons. The largest absolute Gasteiger partial charge is 0.321 e. The number of thioether (sulfide) groups is 1. The van der Waals surface area contributed by atoms with Crippen LogP contribution in [0, 0.1) is 3.57 Å². The van der Waals surface area contributed by atoms with Gasteiger partial charge in [-0.1, -0.05) is 24.3 Å². The van der Waals surface area contributed by atoms with Gasteiger partial charge in [0, 0.05) is 14.9 Å². The Kier molecular flexibility index (Phi) is 5.27. The van der Waals surface area contributed by atoms with Crippen molar-refractivity contribution in [2.75, 3.05) is 11.6 Å². The lowest BCUT2D eigenvalue weighted by Gasteiger charge is -2.07. The number of nitrogens with one attached hydrogen (secondary N) is 1. The summed E-state index contributed by atoms with van der Waals surface area (Å²) in [6, 6.07) is 15.5. The molecule has 0 saturated carbocycles. The third kappa shape index (κ3) is 3.98. The summed E-state index contributed by atoms with van der Waals surface area (Å²) in [5.74, 6) is 0.901. The van der Waals surface area contributed by atoms with E-state index in [4.69, 9.17) is 0 Å². The number of anilines is 1. The highest BCUT2D eigenvalue weighted by molar-refractivity contribution is 14.1. The highest BCUT2D eigenvalue weighted by atomic mass is 127. The maximum atomic E-state index is 12.1. The van der Waals surface area contributed by atoms with Gasteiger partial charge in [0.05, 0.1) is 5.69 Å². The fourth-order valence-corrected chi connectivity index (χ4v) is 2.72. The lowest BCUT2D eigenvalue weighted by molar-refractivity contribution is 0.102. The first-order valence-electron chi connectivity index (χ1n) is 5.84. The Morgan fingerprint density at radius 3 is 2.47 bits per heavy atom. The second-order valence-corrected chi connectivity index (χ2v) is 6.09. The Morgan fingerprint density at radius 1 is 1.16 bits per heavy atom. The molecule has 2 aromatic carbocycles. The molecule has 1 amide bonds. The van der Waals surface area contributed by atoms with Crippen LogP contribution in [0.25, 0.3) is 0 Å². The molecular weight excluding hydrogens is 369 g/mol. The maximum Gasteiger partial charge on any atom is 0.255 e. The van der Waals surface area contributed by atoms with Crippen LogP contribution < -0.4 is 5.32 Å². The van der Waals surface area contributed by atoms with E-state index in [1.54, 1.807) is 11.8 Å². The van der Waals surface area contributed by atoms with Crippen molar-refractivity contribution in [1.29, 1.82) is 0 Å². The number of carbonyl (C=O) groups is 1. The van der Waals surface area contributed by atoms with Crippen LogP contribution in [0.2, 0.25) is 0 Å². The summed E-state index contributed by atoms with van der Waals surface area (Å²) in [7, 11) is 0. The molecule has 0 aliphatic rings. The predicted octanol–water partition coefficient (Wildman–Crippen LogP) is 4.41. The Balaban J connectivity index is 2.10. The SMILES string of the molecule is CSCc1ccc(C(=O)Nc2ccccc2I)cc1. The lowest BCUT2D eigenvalue weighted by atomic mass is 10.1. The van der Waals surface area contributed by atoms with Crippen molar-refractivity contribution < 1.29 is 4.79 Å². The first kappa shape index (κ1) is 14.4. The van der Waals surface area contributed by atoms with Crippen LogP contribution >= 0.6 is 34.4 Å². The molecule has 2 aromatic rings. The number of rotatable bonds is 4. The van der Waals surface area contributed by atoms with E-state index in [9.17, 15) is 4.79 Å². The number of hydrogen-bond donors (Lipinski definition) is 1. The Bertz CT molecular complexity index is 569. The number of halogens is 1. The third-order valence-electron chi connectivity index (χ3n) is 2.65. The molecule has 0 bridgehead atoms. The van der Waals surface area contributed by atoms with E-state index in [0.717, 1.165) is 15.0 Å². The zero-order chi connectivity index (χ0) is 13.7. The van der Waals surface area contributed by atoms with Gasteiger partial charge >= 0.3 is 0 Å². The van der Waals surface area contributed by atoms with Crippen LogP contribution in [0.1, 0.15) is 15.9 Å². The number of carbonyl (C=O) groups excluding carboxylic acids is 1. The molecule has 98 valence electrons. The number of benzene rings is 2. The Morgan fingerprint density at radius 2 is 1.84 bits per heavy atom. The Hall–Kier alpha value is -1.01. The maximum absolute atomic E-state index is 12.1. The molecule has 0 aliphatic heterocycles. The van der Waals surface area contributed by atoms with Crippen molar-refractivity contribution in [2.45, 2.75) is 5.75 Å². The fourth-order valence-electron chi connectivity index (χ4n) is 1.68. The molecule has 0 aromatic heterocycles. The van der Waals surface area contributed by atoms with Crippen molar-refractivity contribution in [3.05, 3.63) is 63.2 Å². The quantitative estimate of drug-likeness (QED) is 0.793. The minimum Gasteiger partial charge on any atom is -0.321 e. The smallest absolute Gasteiger partial charge is 0.255 e. The number of amides is 1. The molecule has 0 fully saturated rings. The molecule has 2 rings (SSSR count). The van der Waals surface area contributed by atoms with Gasteiger partial charge in [-0.25, -0.2) is 0 Å². The number of para-hydroxylation sites is 1. The summed E-state index contributed by atoms with van der Waals surface area (Å²) < 4.78 is 1.03. The predicted molar refractivity (Wildman–Crippen MR) is 90.8 cm³/mol. The van der Waals surface area contributed by atoms with E-state index in [0.29, 0.717) is 5.56 Å².